The molecule has 1 heterocycles. The molecule has 1 amide bonds. The molecule has 2 fully saturated rings. The van der Waals surface area contributed by atoms with Gasteiger partial charge in [0.25, 0.3) is 0 Å². The molecular formula is C21H39NO4. The molecule has 0 aromatic carbocycles. The van der Waals surface area contributed by atoms with Crippen LogP contribution >= 0.6 is 0 Å². The van der Waals surface area contributed by atoms with Gasteiger partial charge in [-0.3, -0.25) is 4.79 Å². The summed E-state index contributed by atoms with van der Waals surface area (Å²) < 4.78 is 10.1. The molecule has 0 spiro atoms. The first kappa shape index (κ1) is 22.8. The van der Waals surface area contributed by atoms with E-state index in [9.17, 15) is 9.59 Å². The first-order valence-corrected chi connectivity index (χ1v) is 10.3. The predicted molar refractivity (Wildman–Crippen MR) is 104 cm³/mol. The lowest BCUT2D eigenvalue weighted by atomic mass is 9.85. The van der Waals surface area contributed by atoms with Gasteiger partial charge in [0.15, 0.2) is 0 Å². The molecular weight excluding hydrogens is 330 g/mol. The number of carbonyl (C=O) groups excluding carboxylic acids is 2. The quantitative estimate of drug-likeness (QED) is 0.666. The topological polar surface area (TPSA) is 78.6 Å². The Morgan fingerprint density at radius 3 is 2.19 bits per heavy atom. The standard InChI is InChI=1S/C16H28O2.C5H11NO2/c1-13-11-15(12-14-7-5-6-8-14)9-3-2-4-10-16(17)18-13;1-5(2,3)8-4(6)7/h13-15H,2-12H2,1H3;1-3H3,(H2,6,7). The van der Waals surface area contributed by atoms with Crippen LogP contribution in [0, 0.1) is 11.8 Å². The van der Waals surface area contributed by atoms with Crippen molar-refractivity contribution in [3.8, 4) is 0 Å². The van der Waals surface area contributed by atoms with Crippen LogP contribution in [0.3, 0.4) is 0 Å². The van der Waals surface area contributed by atoms with Gasteiger partial charge >= 0.3 is 12.1 Å². The minimum absolute atomic E-state index is 0.0176. The minimum atomic E-state index is -0.725. The molecule has 2 N–H and O–H groups in total. The van der Waals surface area contributed by atoms with E-state index in [0.717, 1.165) is 24.7 Å². The van der Waals surface area contributed by atoms with Gasteiger partial charge in [-0.2, -0.15) is 0 Å². The molecule has 5 heteroatoms. The molecule has 0 aromatic heterocycles. The van der Waals surface area contributed by atoms with E-state index >= 15 is 0 Å². The number of hydrogen-bond donors (Lipinski definition) is 1. The number of carbonyl (C=O) groups is 2. The van der Waals surface area contributed by atoms with E-state index in [2.05, 4.69) is 11.7 Å². The molecule has 2 atom stereocenters. The molecule has 0 bridgehead atoms. The third-order valence-corrected chi connectivity index (χ3v) is 5.04. The van der Waals surface area contributed by atoms with Gasteiger partial charge < -0.3 is 15.2 Å². The van der Waals surface area contributed by atoms with Crippen LogP contribution in [-0.4, -0.2) is 23.8 Å². The van der Waals surface area contributed by atoms with Gasteiger partial charge in [0.05, 0.1) is 6.10 Å². The second-order valence-electron chi connectivity index (χ2n) is 8.92. The van der Waals surface area contributed by atoms with Crippen molar-refractivity contribution in [3.63, 3.8) is 0 Å². The molecule has 5 nitrogen and oxygen atoms in total. The van der Waals surface area contributed by atoms with Crippen LogP contribution in [0.2, 0.25) is 0 Å². The van der Waals surface area contributed by atoms with Gasteiger partial charge in [-0.25, -0.2) is 4.79 Å². The first-order chi connectivity index (χ1) is 12.2. The predicted octanol–water partition coefficient (Wildman–Crippen LogP) is 5.35. The summed E-state index contributed by atoms with van der Waals surface area (Å²) in [6, 6.07) is 0. The van der Waals surface area contributed by atoms with Gasteiger partial charge in [0, 0.05) is 6.42 Å². The Morgan fingerprint density at radius 2 is 1.65 bits per heavy atom. The third-order valence-electron chi connectivity index (χ3n) is 5.04. The van der Waals surface area contributed by atoms with Gasteiger partial charge in [0.1, 0.15) is 5.60 Å². The van der Waals surface area contributed by atoms with Crippen LogP contribution < -0.4 is 5.73 Å². The Hall–Kier alpha value is -1.26. The highest BCUT2D eigenvalue weighted by Gasteiger charge is 2.23. The number of hydrogen-bond acceptors (Lipinski definition) is 4. The molecule has 1 saturated carbocycles. The molecule has 1 aliphatic carbocycles. The highest BCUT2D eigenvalue weighted by atomic mass is 16.6. The van der Waals surface area contributed by atoms with Crippen molar-refractivity contribution in [2.45, 2.75) is 110 Å². The lowest BCUT2D eigenvalue weighted by Gasteiger charge is -2.25. The molecule has 152 valence electrons. The van der Waals surface area contributed by atoms with E-state index in [1.807, 2.05) is 0 Å². The fraction of sp³-hybridized carbons (Fsp3) is 0.905. The molecule has 2 rings (SSSR count). The van der Waals surface area contributed by atoms with E-state index in [1.165, 1.54) is 51.4 Å². The maximum Gasteiger partial charge on any atom is 0.405 e. The monoisotopic (exact) mass is 369 g/mol. The van der Waals surface area contributed by atoms with Crippen LogP contribution in [0.15, 0.2) is 0 Å². The zero-order valence-corrected chi connectivity index (χ0v) is 17.2. The normalized spacial score (nSPS) is 25.6. The number of rotatable bonds is 2. The summed E-state index contributed by atoms with van der Waals surface area (Å²) in [7, 11) is 0. The summed E-state index contributed by atoms with van der Waals surface area (Å²) >= 11 is 0. The summed E-state index contributed by atoms with van der Waals surface area (Å²) in [4.78, 5) is 21.6. The second-order valence-corrected chi connectivity index (χ2v) is 8.92. The maximum atomic E-state index is 11.5. The van der Waals surface area contributed by atoms with E-state index in [4.69, 9.17) is 10.5 Å². The van der Waals surface area contributed by atoms with Crippen molar-refractivity contribution >= 4 is 12.1 Å². The van der Waals surface area contributed by atoms with E-state index in [0.29, 0.717) is 6.42 Å². The summed E-state index contributed by atoms with van der Waals surface area (Å²) in [5.41, 5.74) is 4.26. The molecule has 2 unspecified atom stereocenters. The summed E-state index contributed by atoms with van der Waals surface area (Å²) in [5.74, 6) is 1.76. The number of esters is 1. The van der Waals surface area contributed by atoms with E-state index in [1.54, 1.807) is 20.8 Å². The van der Waals surface area contributed by atoms with Gasteiger partial charge in [0.2, 0.25) is 0 Å². The Morgan fingerprint density at radius 1 is 1.08 bits per heavy atom. The van der Waals surface area contributed by atoms with E-state index < -0.39 is 11.7 Å². The molecule has 1 saturated heterocycles. The third kappa shape index (κ3) is 11.4. The van der Waals surface area contributed by atoms with Crippen molar-refractivity contribution in [3.05, 3.63) is 0 Å². The smallest absolute Gasteiger partial charge is 0.405 e. The van der Waals surface area contributed by atoms with Crippen LogP contribution in [0.4, 0.5) is 4.79 Å². The maximum absolute atomic E-state index is 11.5. The molecule has 0 radical (unpaired) electrons. The molecule has 0 aromatic rings. The number of ether oxygens (including phenoxy) is 2. The van der Waals surface area contributed by atoms with Gasteiger partial charge in [-0.05, 0) is 58.8 Å². The lowest BCUT2D eigenvalue weighted by Crippen LogP contribution is -2.27. The number of cyclic esters (lactones) is 1. The van der Waals surface area contributed by atoms with Crippen molar-refractivity contribution in [2.24, 2.45) is 17.6 Å². The summed E-state index contributed by atoms with van der Waals surface area (Å²) in [6.07, 6.45) is 13.1. The van der Waals surface area contributed by atoms with Crippen molar-refractivity contribution in [1.82, 2.24) is 0 Å². The van der Waals surface area contributed by atoms with Crippen LogP contribution in [0.25, 0.3) is 0 Å². The van der Waals surface area contributed by atoms with Crippen LogP contribution in [0.1, 0.15) is 98.3 Å². The average Bonchev–Trinajstić information content (AvgIpc) is 2.97. The highest BCUT2D eigenvalue weighted by Crippen LogP contribution is 2.34. The Balaban J connectivity index is 0.000000359. The Kier molecular flexibility index (Phi) is 10.0. The minimum Gasteiger partial charge on any atom is -0.463 e. The number of amides is 1. The number of nitrogens with two attached hydrogens (primary N) is 1. The molecule has 26 heavy (non-hydrogen) atoms. The Labute approximate surface area is 159 Å². The van der Waals surface area contributed by atoms with Gasteiger partial charge in [-0.15, -0.1) is 0 Å². The fourth-order valence-corrected chi connectivity index (χ4v) is 4.03. The summed E-state index contributed by atoms with van der Waals surface area (Å²) in [6.45, 7) is 7.36. The molecule has 1 aliphatic heterocycles. The Bertz CT molecular complexity index is 424. The second kappa shape index (κ2) is 11.5. The average molecular weight is 370 g/mol. The zero-order chi connectivity index (χ0) is 19.6. The van der Waals surface area contributed by atoms with E-state index in [-0.39, 0.29) is 12.1 Å². The summed E-state index contributed by atoms with van der Waals surface area (Å²) in [5, 5.41) is 0. The van der Waals surface area contributed by atoms with Crippen LogP contribution in [-0.2, 0) is 14.3 Å². The van der Waals surface area contributed by atoms with Crippen molar-refractivity contribution in [2.75, 3.05) is 0 Å². The fourth-order valence-electron chi connectivity index (χ4n) is 4.03. The SMILES string of the molecule is CC(C)(C)OC(N)=O.CC1CC(CC2CCCC2)CCCCCC(=O)O1. The first-order valence-electron chi connectivity index (χ1n) is 10.3. The largest absolute Gasteiger partial charge is 0.463 e. The van der Waals surface area contributed by atoms with Gasteiger partial charge in [-0.1, -0.05) is 44.9 Å². The van der Waals surface area contributed by atoms with Crippen molar-refractivity contribution in [1.29, 1.82) is 0 Å². The number of primary amides is 1. The lowest BCUT2D eigenvalue weighted by molar-refractivity contribution is -0.149. The zero-order valence-electron chi connectivity index (χ0n) is 17.2. The molecule has 2 aliphatic rings. The highest BCUT2D eigenvalue weighted by molar-refractivity contribution is 5.69. The van der Waals surface area contributed by atoms with Crippen LogP contribution in [0.5, 0.6) is 0 Å². The van der Waals surface area contributed by atoms with Crippen molar-refractivity contribution < 1.29 is 19.1 Å².